The van der Waals surface area contributed by atoms with Gasteiger partial charge in [-0.2, -0.15) is 0 Å². The number of nitrogens with zero attached hydrogens (tertiary/aromatic N) is 2. The van der Waals surface area contributed by atoms with Crippen LogP contribution < -0.4 is 9.47 Å². The molecule has 0 fully saturated rings. The summed E-state index contributed by atoms with van der Waals surface area (Å²) in [6.07, 6.45) is -0.305. The molecule has 29 heavy (non-hydrogen) atoms. The van der Waals surface area contributed by atoms with Crippen LogP contribution in [0.5, 0.6) is 11.5 Å². The topological polar surface area (TPSA) is 67.5 Å². The van der Waals surface area contributed by atoms with Gasteiger partial charge < -0.3 is 19.4 Å². The molecule has 0 bridgehead atoms. The average molecular weight is 424 g/mol. The van der Waals surface area contributed by atoms with Crippen molar-refractivity contribution in [1.82, 2.24) is 14.9 Å². The zero-order chi connectivity index (χ0) is 20.0. The molecule has 1 atom stereocenters. The number of nitrogens with one attached hydrogen (secondary N) is 1. The lowest BCUT2D eigenvalue weighted by Crippen LogP contribution is -2.22. The number of halogens is 3. The van der Waals surface area contributed by atoms with E-state index in [4.69, 9.17) is 9.47 Å². The van der Waals surface area contributed by atoms with E-state index in [1.54, 1.807) is 33.2 Å². The molecule has 1 amide bonds. The van der Waals surface area contributed by atoms with Gasteiger partial charge in [0.2, 0.25) is 0 Å². The standard InChI is InChI=1S/C20H19F2N3O3.ClH/c1-10-23-14-6-11(20(26)25(2)3)7-17(19(14)24-10)28-15-4-5-27-16-9-12(21)8-13(22)18(15)16;/h6-9,15H,4-5H2,1-3H3,(H,23,24);1H/t15-;/m0./s1. The summed E-state index contributed by atoms with van der Waals surface area (Å²) in [6.45, 7) is 2.06. The number of carbonyl (C=O) groups is 1. The lowest BCUT2D eigenvalue weighted by atomic mass is 10.0. The average Bonchev–Trinajstić information content (AvgIpc) is 3.01. The zero-order valence-electron chi connectivity index (χ0n) is 16.1. The molecule has 0 spiro atoms. The molecule has 1 aromatic heterocycles. The Labute approximate surface area is 172 Å². The summed E-state index contributed by atoms with van der Waals surface area (Å²) in [5, 5.41) is 0. The number of hydrogen-bond acceptors (Lipinski definition) is 4. The third-order valence-electron chi connectivity index (χ3n) is 4.61. The molecule has 3 aromatic rings. The van der Waals surface area contributed by atoms with E-state index >= 15 is 0 Å². The van der Waals surface area contributed by atoms with Crippen LogP contribution in [0.2, 0.25) is 0 Å². The molecule has 2 aromatic carbocycles. The minimum Gasteiger partial charge on any atom is -0.493 e. The lowest BCUT2D eigenvalue weighted by molar-refractivity contribution is 0.0826. The Bertz CT molecular complexity index is 1080. The quantitative estimate of drug-likeness (QED) is 0.686. The van der Waals surface area contributed by atoms with E-state index in [0.717, 1.165) is 12.1 Å². The van der Waals surface area contributed by atoms with Crippen molar-refractivity contribution in [2.24, 2.45) is 0 Å². The molecule has 0 aliphatic carbocycles. The van der Waals surface area contributed by atoms with Gasteiger partial charge in [0, 0.05) is 38.2 Å². The molecule has 154 valence electrons. The van der Waals surface area contributed by atoms with Crippen molar-refractivity contribution < 1.29 is 23.0 Å². The maximum Gasteiger partial charge on any atom is 0.253 e. The summed E-state index contributed by atoms with van der Waals surface area (Å²) < 4.78 is 39.5. The molecule has 2 heterocycles. The number of H-pyrrole nitrogens is 1. The molecule has 4 rings (SSSR count). The minimum atomic E-state index is -0.727. The van der Waals surface area contributed by atoms with Crippen LogP contribution in [0.1, 0.15) is 34.3 Å². The number of aromatic nitrogens is 2. The van der Waals surface area contributed by atoms with Gasteiger partial charge in [0.25, 0.3) is 5.91 Å². The van der Waals surface area contributed by atoms with Crippen molar-refractivity contribution in [1.29, 1.82) is 0 Å². The molecule has 6 nitrogen and oxygen atoms in total. The minimum absolute atomic E-state index is 0. The van der Waals surface area contributed by atoms with Crippen molar-refractivity contribution in [3.63, 3.8) is 0 Å². The largest absolute Gasteiger partial charge is 0.493 e. The van der Waals surface area contributed by atoms with Gasteiger partial charge in [-0.05, 0) is 19.1 Å². The number of carbonyl (C=O) groups excluding carboxylic acids is 1. The van der Waals surface area contributed by atoms with Crippen molar-refractivity contribution in [3.05, 3.63) is 52.9 Å². The monoisotopic (exact) mass is 423 g/mol. The summed E-state index contributed by atoms with van der Waals surface area (Å²) in [4.78, 5) is 21.4. The second-order valence-corrected chi connectivity index (χ2v) is 6.94. The fourth-order valence-electron chi connectivity index (χ4n) is 3.36. The fourth-order valence-corrected chi connectivity index (χ4v) is 3.36. The second-order valence-electron chi connectivity index (χ2n) is 6.94. The van der Waals surface area contributed by atoms with Crippen LogP contribution >= 0.6 is 12.4 Å². The number of imidazole rings is 1. The first kappa shape index (κ1) is 20.9. The maximum atomic E-state index is 14.4. The van der Waals surface area contributed by atoms with Gasteiger partial charge in [0.05, 0.1) is 17.7 Å². The van der Waals surface area contributed by atoms with Gasteiger partial charge in [-0.25, -0.2) is 13.8 Å². The van der Waals surface area contributed by atoms with E-state index < -0.39 is 17.7 Å². The lowest BCUT2D eigenvalue weighted by Gasteiger charge is -2.27. The first-order valence-electron chi connectivity index (χ1n) is 8.84. The Balaban J connectivity index is 0.00000240. The molecule has 0 unspecified atom stereocenters. The van der Waals surface area contributed by atoms with Crippen LogP contribution in [0.25, 0.3) is 11.0 Å². The highest BCUT2D eigenvalue weighted by Crippen LogP contribution is 2.39. The first-order valence-corrected chi connectivity index (χ1v) is 8.84. The van der Waals surface area contributed by atoms with Crippen LogP contribution in [0.4, 0.5) is 8.78 Å². The summed E-state index contributed by atoms with van der Waals surface area (Å²) >= 11 is 0. The van der Waals surface area contributed by atoms with Crippen LogP contribution in [0.3, 0.4) is 0 Å². The Morgan fingerprint density at radius 1 is 1.28 bits per heavy atom. The van der Waals surface area contributed by atoms with E-state index in [0.29, 0.717) is 34.6 Å². The molecule has 0 saturated carbocycles. The SMILES string of the molecule is Cc1nc2c(O[C@H]3CCOc4cc(F)cc(F)c43)cc(C(=O)N(C)C)cc2[nH]1.Cl. The number of amides is 1. The first-order chi connectivity index (χ1) is 13.3. The van der Waals surface area contributed by atoms with E-state index in [-0.39, 0.29) is 36.2 Å². The maximum absolute atomic E-state index is 14.4. The predicted octanol–water partition coefficient (Wildman–Crippen LogP) is 4.18. The fraction of sp³-hybridized carbons (Fsp3) is 0.300. The van der Waals surface area contributed by atoms with E-state index in [1.807, 2.05) is 0 Å². The highest BCUT2D eigenvalue weighted by atomic mass is 35.5. The number of ether oxygens (including phenoxy) is 2. The van der Waals surface area contributed by atoms with Gasteiger partial charge in [0.15, 0.2) is 0 Å². The summed E-state index contributed by atoms with van der Waals surface area (Å²) in [6, 6.07) is 5.26. The van der Waals surface area contributed by atoms with Gasteiger partial charge in [-0.1, -0.05) is 0 Å². The third kappa shape index (κ3) is 3.85. The number of aromatic amines is 1. The molecule has 1 N–H and O–H groups in total. The number of fused-ring (bicyclic) bond motifs is 2. The summed E-state index contributed by atoms with van der Waals surface area (Å²) in [5.74, 6) is -0.484. The Hall–Kier alpha value is -2.87. The summed E-state index contributed by atoms with van der Waals surface area (Å²) in [7, 11) is 3.31. The van der Waals surface area contributed by atoms with Crippen LogP contribution in [0, 0.1) is 18.6 Å². The molecule has 1 aliphatic rings. The highest BCUT2D eigenvalue weighted by Gasteiger charge is 2.29. The van der Waals surface area contributed by atoms with Crippen LogP contribution in [0.15, 0.2) is 24.3 Å². The van der Waals surface area contributed by atoms with Crippen LogP contribution in [-0.2, 0) is 0 Å². The smallest absolute Gasteiger partial charge is 0.253 e. The third-order valence-corrected chi connectivity index (χ3v) is 4.61. The van der Waals surface area contributed by atoms with E-state index in [1.165, 1.54) is 4.90 Å². The normalized spacial score (nSPS) is 15.3. The number of rotatable bonds is 3. The van der Waals surface area contributed by atoms with E-state index in [2.05, 4.69) is 9.97 Å². The number of hydrogen-bond donors (Lipinski definition) is 1. The van der Waals surface area contributed by atoms with Crippen molar-refractivity contribution in [2.75, 3.05) is 20.7 Å². The predicted molar refractivity (Wildman–Crippen MR) is 106 cm³/mol. The van der Waals surface area contributed by atoms with E-state index in [9.17, 15) is 13.6 Å². The highest BCUT2D eigenvalue weighted by molar-refractivity contribution is 5.99. The Morgan fingerprint density at radius 2 is 2.03 bits per heavy atom. The van der Waals surface area contributed by atoms with Crippen LogP contribution in [-0.4, -0.2) is 41.5 Å². The zero-order valence-corrected chi connectivity index (χ0v) is 16.9. The molecule has 9 heteroatoms. The number of benzene rings is 2. The second kappa shape index (κ2) is 7.87. The van der Waals surface area contributed by atoms with Gasteiger partial charge in [-0.3, -0.25) is 4.79 Å². The van der Waals surface area contributed by atoms with Crippen molar-refractivity contribution in [3.8, 4) is 11.5 Å². The Kier molecular flexibility index (Phi) is 5.66. The molecule has 0 saturated heterocycles. The van der Waals surface area contributed by atoms with Crippen molar-refractivity contribution >= 4 is 29.3 Å². The molecule has 0 radical (unpaired) electrons. The van der Waals surface area contributed by atoms with Gasteiger partial charge in [-0.15, -0.1) is 12.4 Å². The van der Waals surface area contributed by atoms with Gasteiger partial charge in [0.1, 0.15) is 40.6 Å². The molecular weight excluding hydrogens is 404 g/mol. The Morgan fingerprint density at radius 3 is 2.76 bits per heavy atom. The van der Waals surface area contributed by atoms with Gasteiger partial charge >= 0.3 is 0 Å². The molecule has 1 aliphatic heterocycles. The molecular formula is C20H20ClF2N3O3. The van der Waals surface area contributed by atoms with Crippen molar-refractivity contribution in [2.45, 2.75) is 19.4 Å². The summed E-state index contributed by atoms with van der Waals surface area (Å²) in [5.41, 5.74) is 1.77. The number of aryl methyl sites for hydroxylation is 1.